The molecule has 0 fully saturated rings. The van der Waals surface area contributed by atoms with Gasteiger partial charge in [0.2, 0.25) is 0 Å². The zero-order valence-electron chi connectivity index (χ0n) is 16.1. The van der Waals surface area contributed by atoms with E-state index < -0.39 is 0 Å². The third-order valence-electron chi connectivity index (χ3n) is 4.76. The van der Waals surface area contributed by atoms with E-state index in [0.29, 0.717) is 10.0 Å². The van der Waals surface area contributed by atoms with Gasteiger partial charge in [0.05, 0.1) is 11.2 Å². The van der Waals surface area contributed by atoms with Crippen LogP contribution in [-0.2, 0) is 11.2 Å². The third kappa shape index (κ3) is 4.17. The van der Waals surface area contributed by atoms with Gasteiger partial charge in [0.1, 0.15) is 0 Å². The molecule has 2 aromatic rings. The minimum atomic E-state index is -0.282. The van der Waals surface area contributed by atoms with Crippen LogP contribution in [0.15, 0.2) is 42.5 Å². The van der Waals surface area contributed by atoms with Crippen molar-refractivity contribution in [3.8, 4) is 11.1 Å². The number of aryl methyl sites for hydroxylation is 1. The largest absolute Gasteiger partial charge is 0.365 e. The number of rotatable bonds is 3. The summed E-state index contributed by atoms with van der Waals surface area (Å²) >= 11 is 12.5. The minimum Gasteiger partial charge on any atom is -0.365 e. The molecule has 0 saturated heterocycles. The van der Waals surface area contributed by atoms with Crippen molar-refractivity contribution in [2.75, 3.05) is 0 Å². The van der Waals surface area contributed by atoms with Crippen molar-refractivity contribution in [1.29, 1.82) is 0 Å². The summed E-state index contributed by atoms with van der Waals surface area (Å²) in [7, 11) is 0. The summed E-state index contributed by atoms with van der Waals surface area (Å²) in [6.07, 6.45) is 4.14. The Kier molecular flexibility index (Phi) is 5.27. The highest BCUT2D eigenvalue weighted by atomic mass is 35.5. The maximum absolute atomic E-state index is 6.45. The lowest BCUT2D eigenvalue weighted by molar-refractivity contribution is -0.100. The van der Waals surface area contributed by atoms with Gasteiger partial charge >= 0.3 is 0 Å². The summed E-state index contributed by atoms with van der Waals surface area (Å²) in [5.74, 6) is 0. The van der Waals surface area contributed by atoms with E-state index >= 15 is 0 Å². The fraction of sp³-hybridized carbons (Fsp3) is 0.391. The normalized spacial score (nSPS) is 18.5. The average molecular weight is 389 g/mol. The molecule has 138 valence electrons. The highest BCUT2D eigenvalue weighted by Gasteiger charge is 2.34. The number of benzene rings is 2. The zero-order chi connectivity index (χ0) is 19.1. The van der Waals surface area contributed by atoms with Crippen molar-refractivity contribution in [3.05, 3.63) is 63.6 Å². The van der Waals surface area contributed by atoms with Crippen LogP contribution in [-0.4, -0.2) is 11.2 Å². The van der Waals surface area contributed by atoms with Gasteiger partial charge in [0.25, 0.3) is 0 Å². The number of hydrogen-bond acceptors (Lipinski definition) is 1. The second-order valence-corrected chi connectivity index (χ2v) is 9.00. The molecular weight excluding hydrogens is 363 g/mol. The predicted molar refractivity (Wildman–Crippen MR) is 113 cm³/mol. The molecule has 0 aromatic heterocycles. The number of ether oxygens (including phenoxy) is 1. The first-order valence-electron chi connectivity index (χ1n) is 9.11. The predicted octanol–water partition coefficient (Wildman–Crippen LogP) is 7.58. The minimum absolute atomic E-state index is 0.188. The lowest BCUT2D eigenvalue weighted by atomic mass is 9.83. The molecular formula is C23H26Cl2O. The Bertz CT molecular complexity index is 863. The first kappa shape index (κ1) is 19.5. The maximum atomic E-state index is 6.45. The monoisotopic (exact) mass is 388 g/mol. The van der Waals surface area contributed by atoms with Crippen LogP contribution in [0.4, 0.5) is 0 Å². The molecule has 0 radical (unpaired) electrons. The topological polar surface area (TPSA) is 9.23 Å². The molecule has 1 aliphatic rings. The van der Waals surface area contributed by atoms with E-state index in [1.807, 2.05) is 12.1 Å². The van der Waals surface area contributed by atoms with E-state index in [0.717, 1.165) is 24.0 Å². The van der Waals surface area contributed by atoms with Gasteiger partial charge in [0.15, 0.2) is 0 Å². The molecule has 0 saturated carbocycles. The standard InChI is InChI=1S/C23H26Cl2O/c1-6-15-7-8-16(19-10-9-18(24)12-21(19)25)11-20(15)17-13-22(2,3)26-23(4,5)14-17/h7-13H,6,14H2,1-5H3. The average Bonchev–Trinajstić information content (AvgIpc) is 2.51. The van der Waals surface area contributed by atoms with Crippen LogP contribution in [0.25, 0.3) is 16.7 Å². The SMILES string of the molecule is CCc1ccc(-c2ccc(Cl)cc2Cl)cc1C1=CC(C)(C)OC(C)(C)C1. The van der Waals surface area contributed by atoms with Gasteiger partial charge in [-0.15, -0.1) is 0 Å². The molecule has 0 atom stereocenters. The molecule has 1 heterocycles. The zero-order valence-corrected chi connectivity index (χ0v) is 17.6. The first-order valence-corrected chi connectivity index (χ1v) is 9.86. The van der Waals surface area contributed by atoms with Crippen molar-refractivity contribution in [2.45, 2.75) is 58.7 Å². The Morgan fingerprint density at radius 1 is 0.962 bits per heavy atom. The van der Waals surface area contributed by atoms with Crippen molar-refractivity contribution in [3.63, 3.8) is 0 Å². The molecule has 26 heavy (non-hydrogen) atoms. The molecule has 0 bridgehead atoms. The molecule has 1 aliphatic heterocycles. The summed E-state index contributed by atoms with van der Waals surface area (Å²) in [5, 5.41) is 1.33. The van der Waals surface area contributed by atoms with Gasteiger partial charge in [-0.25, -0.2) is 0 Å². The molecule has 3 heteroatoms. The summed E-state index contributed by atoms with van der Waals surface area (Å²) in [6.45, 7) is 10.8. The van der Waals surface area contributed by atoms with E-state index in [4.69, 9.17) is 27.9 Å². The van der Waals surface area contributed by atoms with Crippen molar-refractivity contribution >= 4 is 28.8 Å². The molecule has 0 unspecified atom stereocenters. The van der Waals surface area contributed by atoms with Gasteiger partial charge in [-0.1, -0.05) is 48.3 Å². The Morgan fingerprint density at radius 3 is 2.31 bits per heavy atom. The smallest absolute Gasteiger partial charge is 0.0819 e. The highest BCUT2D eigenvalue weighted by Crippen LogP contribution is 2.41. The van der Waals surface area contributed by atoms with E-state index in [2.05, 4.69) is 58.9 Å². The molecule has 0 amide bonds. The first-order chi connectivity index (χ1) is 12.1. The molecule has 2 aromatic carbocycles. The van der Waals surface area contributed by atoms with Crippen LogP contribution in [0.5, 0.6) is 0 Å². The van der Waals surface area contributed by atoms with Crippen molar-refractivity contribution < 1.29 is 4.74 Å². The van der Waals surface area contributed by atoms with Crippen LogP contribution in [0.1, 0.15) is 52.2 Å². The van der Waals surface area contributed by atoms with Crippen molar-refractivity contribution in [2.24, 2.45) is 0 Å². The summed E-state index contributed by atoms with van der Waals surface area (Å²) in [5.41, 5.74) is 5.63. The molecule has 1 nitrogen and oxygen atoms in total. The third-order valence-corrected chi connectivity index (χ3v) is 5.30. The Balaban J connectivity index is 2.13. The van der Waals surface area contributed by atoms with Gasteiger partial charge in [-0.3, -0.25) is 0 Å². The van der Waals surface area contributed by atoms with E-state index in [1.54, 1.807) is 6.07 Å². The quantitative estimate of drug-likeness (QED) is 0.526. The number of halogens is 2. The van der Waals surface area contributed by atoms with Crippen LogP contribution < -0.4 is 0 Å². The van der Waals surface area contributed by atoms with Gasteiger partial charge in [0, 0.05) is 22.0 Å². The van der Waals surface area contributed by atoms with E-state index in [1.165, 1.54) is 16.7 Å². The lowest BCUT2D eigenvalue weighted by Gasteiger charge is -2.40. The van der Waals surface area contributed by atoms with Crippen LogP contribution >= 0.6 is 23.2 Å². The summed E-state index contributed by atoms with van der Waals surface area (Å²) < 4.78 is 6.22. The highest BCUT2D eigenvalue weighted by molar-refractivity contribution is 6.36. The molecule has 0 spiro atoms. The maximum Gasteiger partial charge on any atom is 0.0819 e. The van der Waals surface area contributed by atoms with E-state index in [9.17, 15) is 0 Å². The molecule has 0 aliphatic carbocycles. The van der Waals surface area contributed by atoms with Crippen LogP contribution in [0.3, 0.4) is 0 Å². The second-order valence-electron chi connectivity index (χ2n) is 8.16. The van der Waals surface area contributed by atoms with Gasteiger partial charge in [-0.2, -0.15) is 0 Å². The summed E-state index contributed by atoms with van der Waals surface area (Å²) in [4.78, 5) is 0. The van der Waals surface area contributed by atoms with Crippen LogP contribution in [0, 0.1) is 0 Å². The van der Waals surface area contributed by atoms with Crippen molar-refractivity contribution in [1.82, 2.24) is 0 Å². The molecule has 0 N–H and O–H groups in total. The molecule has 3 rings (SSSR count). The Labute approximate surface area is 167 Å². The Morgan fingerprint density at radius 2 is 1.69 bits per heavy atom. The van der Waals surface area contributed by atoms with Gasteiger partial charge < -0.3 is 4.74 Å². The number of hydrogen-bond donors (Lipinski definition) is 0. The van der Waals surface area contributed by atoms with Gasteiger partial charge in [-0.05, 0) is 80.7 Å². The fourth-order valence-corrected chi connectivity index (χ4v) is 4.47. The second kappa shape index (κ2) is 7.03. The Hall–Kier alpha value is -1.28. The summed E-state index contributed by atoms with van der Waals surface area (Å²) in [6, 6.07) is 12.3. The van der Waals surface area contributed by atoms with E-state index in [-0.39, 0.29) is 11.2 Å². The fourth-order valence-electron chi connectivity index (χ4n) is 3.95. The lowest BCUT2D eigenvalue weighted by Crippen LogP contribution is -2.39. The van der Waals surface area contributed by atoms with Crippen LogP contribution in [0.2, 0.25) is 10.0 Å².